The largest absolute Gasteiger partial charge is 0.491 e. The fourth-order valence-electron chi connectivity index (χ4n) is 3.32. The van der Waals surface area contributed by atoms with Gasteiger partial charge in [-0.25, -0.2) is 9.78 Å². The van der Waals surface area contributed by atoms with Crippen molar-refractivity contribution < 1.29 is 23.7 Å². The van der Waals surface area contributed by atoms with Gasteiger partial charge in [0.1, 0.15) is 28.2 Å². The Labute approximate surface area is 179 Å². The zero-order valence-corrected chi connectivity index (χ0v) is 17.9. The molecule has 0 fully saturated rings. The number of rotatable bonds is 6. The van der Waals surface area contributed by atoms with Crippen LogP contribution in [-0.4, -0.2) is 24.2 Å². The van der Waals surface area contributed by atoms with E-state index >= 15 is 0 Å². The highest BCUT2D eigenvalue weighted by Crippen LogP contribution is 2.38. The zero-order chi connectivity index (χ0) is 21.1. The number of benzene rings is 2. The van der Waals surface area contributed by atoms with Gasteiger partial charge in [0.25, 0.3) is 5.19 Å². The molecule has 0 saturated heterocycles. The fourth-order valence-corrected chi connectivity index (χ4v) is 4.03. The second kappa shape index (κ2) is 8.75. The summed E-state index contributed by atoms with van der Waals surface area (Å²) < 4.78 is 22.6. The molecule has 1 atom stereocenters. The van der Waals surface area contributed by atoms with Crippen LogP contribution < -0.4 is 14.2 Å². The molecule has 30 heavy (non-hydrogen) atoms. The van der Waals surface area contributed by atoms with Crippen LogP contribution in [-0.2, 0) is 11.2 Å². The van der Waals surface area contributed by atoms with Crippen molar-refractivity contribution in [3.05, 3.63) is 64.7 Å². The third-order valence-electron chi connectivity index (χ3n) is 4.65. The lowest BCUT2D eigenvalue weighted by atomic mass is 9.97. The topological polar surface area (TPSA) is 66.9 Å². The maximum Gasteiger partial charge on any atom is 0.349 e. The predicted molar refractivity (Wildman–Crippen MR) is 114 cm³/mol. The molecule has 0 bridgehead atoms. The van der Waals surface area contributed by atoms with Gasteiger partial charge in [-0.15, -0.1) is 0 Å². The van der Waals surface area contributed by atoms with Crippen molar-refractivity contribution in [2.24, 2.45) is 0 Å². The maximum atomic E-state index is 11.6. The predicted octanol–water partition coefficient (Wildman–Crippen LogP) is 5.58. The first-order valence-corrected chi connectivity index (χ1v) is 10.6. The monoisotopic (exact) mass is 425 g/mol. The van der Waals surface area contributed by atoms with Crippen molar-refractivity contribution in [1.29, 1.82) is 0 Å². The molecule has 4 rings (SSSR count). The van der Waals surface area contributed by atoms with E-state index in [9.17, 15) is 4.79 Å². The number of thiazole rings is 1. The summed E-state index contributed by atoms with van der Waals surface area (Å²) in [6.45, 7) is 4.03. The molecule has 1 aromatic heterocycles. The Morgan fingerprint density at radius 3 is 2.87 bits per heavy atom. The van der Waals surface area contributed by atoms with Crippen molar-refractivity contribution in [2.75, 3.05) is 7.11 Å². The van der Waals surface area contributed by atoms with E-state index in [1.165, 1.54) is 13.3 Å². The normalized spacial score (nSPS) is 15.3. The third kappa shape index (κ3) is 4.57. The Morgan fingerprint density at radius 1 is 1.20 bits per heavy atom. The standard InChI is InChI=1S/C23H23NO5S/c1-14(2)27-17-6-4-5-15(11-17)19-9-7-16-12-18(8-10-20(16)29-19)28-23-24-13-21(30-23)22(25)26-3/h4-6,8,10-14,19H,7,9H2,1-3H3. The average Bonchev–Trinajstić information content (AvgIpc) is 3.21. The summed E-state index contributed by atoms with van der Waals surface area (Å²) in [5.41, 5.74) is 2.19. The molecule has 0 spiro atoms. The van der Waals surface area contributed by atoms with Crippen LogP contribution in [0.15, 0.2) is 48.7 Å². The number of esters is 1. The number of carbonyl (C=O) groups is 1. The number of fused-ring (bicyclic) bond motifs is 1. The molecule has 3 aromatic rings. The first-order chi connectivity index (χ1) is 14.5. The average molecular weight is 426 g/mol. The number of aromatic nitrogens is 1. The molecule has 2 heterocycles. The van der Waals surface area contributed by atoms with Gasteiger partial charge < -0.3 is 18.9 Å². The number of hydrogen-bond donors (Lipinski definition) is 0. The van der Waals surface area contributed by atoms with Crippen molar-refractivity contribution in [3.63, 3.8) is 0 Å². The van der Waals surface area contributed by atoms with Crippen molar-refractivity contribution in [1.82, 2.24) is 4.98 Å². The van der Waals surface area contributed by atoms with Gasteiger partial charge in [0.15, 0.2) is 0 Å². The first-order valence-electron chi connectivity index (χ1n) is 9.80. The van der Waals surface area contributed by atoms with Crippen molar-refractivity contribution in [2.45, 2.75) is 38.9 Å². The Bertz CT molecular complexity index is 1050. The molecular formula is C23H23NO5S. The van der Waals surface area contributed by atoms with Crippen LogP contribution in [0.1, 0.15) is 47.2 Å². The summed E-state index contributed by atoms with van der Waals surface area (Å²) in [4.78, 5) is 16.1. The molecule has 6 nitrogen and oxygen atoms in total. The van der Waals surface area contributed by atoms with Gasteiger partial charge in [-0.1, -0.05) is 23.5 Å². The van der Waals surface area contributed by atoms with E-state index in [4.69, 9.17) is 18.9 Å². The minimum absolute atomic E-state index is 0.0124. The van der Waals surface area contributed by atoms with Crippen LogP contribution >= 0.6 is 11.3 Å². The molecule has 156 valence electrons. The molecule has 1 aliphatic rings. The van der Waals surface area contributed by atoms with E-state index < -0.39 is 5.97 Å². The van der Waals surface area contributed by atoms with Crippen LogP contribution in [0.25, 0.3) is 0 Å². The van der Waals surface area contributed by atoms with Gasteiger partial charge in [-0.05, 0) is 68.1 Å². The van der Waals surface area contributed by atoms with Crippen molar-refractivity contribution >= 4 is 17.3 Å². The molecule has 1 unspecified atom stereocenters. The van der Waals surface area contributed by atoms with E-state index in [0.717, 1.165) is 46.8 Å². The minimum atomic E-state index is -0.421. The Balaban J connectivity index is 1.46. The van der Waals surface area contributed by atoms with Crippen LogP contribution in [0.4, 0.5) is 0 Å². The highest BCUT2D eigenvalue weighted by molar-refractivity contribution is 7.15. The SMILES string of the molecule is COC(=O)c1cnc(Oc2ccc3c(c2)CCC(c2cccc(OC(C)C)c2)O3)s1. The van der Waals surface area contributed by atoms with E-state index in [0.29, 0.717) is 15.8 Å². The van der Waals surface area contributed by atoms with Gasteiger partial charge in [0.2, 0.25) is 0 Å². The van der Waals surface area contributed by atoms with Crippen LogP contribution in [0.5, 0.6) is 22.4 Å². The van der Waals surface area contributed by atoms with E-state index in [-0.39, 0.29) is 12.2 Å². The number of hydrogen-bond acceptors (Lipinski definition) is 7. The fraction of sp³-hybridized carbons (Fsp3) is 0.304. The molecule has 0 radical (unpaired) electrons. The number of nitrogens with zero attached hydrogens (tertiary/aromatic N) is 1. The number of ether oxygens (including phenoxy) is 4. The van der Waals surface area contributed by atoms with E-state index in [1.807, 2.05) is 44.2 Å². The summed E-state index contributed by atoms with van der Waals surface area (Å²) >= 11 is 1.15. The molecule has 1 aliphatic heterocycles. The zero-order valence-electron chi connectivity index (χ0n) is 17.1. The molecule has 0 saturated carbocycles. The molecule has 2 aromatic carbocycles. The van der Waals surface area contributed by atoms with Crippen LogP contribution in [0.2, 0.25) is 0 Å². The maximum absolute atomic E-state index is 11.6. The lowest BCUT2D eigenvalue weighted by Gasteiger charge is -2.27. The van der Waals surface area contributed by atoms with Gasteiger partial charge in [-0.2, -0.15) is 0 Å². The Morgan fingerprint density at radius 2 is 2.07 bits per heavy atom. The summed E-state index contributed by atoms with van der Waals surface area (Å²) in [5.74, 6) is 1.95. The quantitative estimate of drug-likeness (QED) is 0.481. The molecule has 7 heteroatoms. The Kier molecular flexibility index (Phi) is 5.90. The van der Waals surface area contributed by atoms with Crippen LogP contribution in [0.3, 0.4) is 0 Å². The second-order valence-corrected chi connectivity index (χ2v) is 8.23. The highest BCUT2D eigenvalue weighted by atomic mass is 32.1. The molecule has 0 N–H and O–H groups in total. The minimum Gasteiger partial charge on any atom is -0.491 e. The third-order valence-corrected chi connectivity index (χ3v) is 5.51. The lowest BCUT2D eigenvalue weighted by Crippen LogP contribution is -2.15. The van der Waals surface area contributed by atoms with Gasteiger partial charge in [-0.3, -0.25) is 0 Å². The van der Waals surface area contributed by atoms with E-state index in [2.05, 4.69) is 17.1 Å². The summed E-state index contributed by atoms with van der Waals surface area (Å²) in [7, 11) is 1.34. The number of aryl methyl sites for hydroxylation is 1. The van der Waals surface area contributed by atoms with E-state index in [1.54, 1.807) is 0 Å². The highest BCUT2D eigenvalue weighted by Gasteiger charge is 2.22. The van der Waals surface area contributed by atoms with Gasteiger partial charge in [0, 0.05) is 0 Å². The number of carbonyl (C=O) groups excluding carboxylic acids is 1. The van der Waals surface area contributed by atoms with Gasteiger partial charge in [0.05, 0.1) is 19.4 Å². The van der Waals surface area contributed by atoms with Gasteiger partial charge >= 0.3 is 5.97 Å². The second-order valence-electron chi connectivity index (χ2n) is 7.24. The Hall–Kier alpha value is -3.06. The first kappa shape index (κ1) is 20.2. The summed E-state index contributed by atoms with van der Waals surface area (Å²) in [6, 6.07) is 13.8. The summed E-state index contributed by atoms with van der Waals surface area (Å²) in [6.07, 6.45) is 3.31. The van der Waals surface area contributed by atoms with Crippen LogP contribution in [0, 0.1) is 0 Å². The molecular weight excluding hydrogens is 402 g/mol. The molecule has 0 amide bonds. The number of methoxy groups -OCH3 is 1. The van der Waals surface area contributed by atoms with Crippen molar-refractivity contribution in [3.8, 4) is 22.4 Å². The summed E-state index contributed by atoms with van der Waals surface area (Å²) in [5, 5.41) is 0.395. The lowest BCUT2D eigenvalue weighted by molar-refractivity contribution is 0.0606. The molecule has 0 aliphatic carbocycles. The smallest absolute Gasteiger partial charge is 0.349 e.